The van der Waals surface area contributed by atoms with Gasteiger partial charge in [-0.1, -0.05) is 11.6 Å². The van der Waals surface area contributed by atoms with Gasteiger partial charge >= 0.3 is 0 Å². The number of hydrogen-bond acceptors (Lipinski definition) is 4. The highest BCUT2D eigenvalue weighted by molar-refractivity contribution is 6.31. The van der Waals surface area contributed by atoms with Gasteiger partial charge in [-0.15, -0.1) is 0 Å². The first-order chi connectivity index (χ1) is 7.06. The standard InChI is InChI=1S/C9H7ClN2O3/c10-8-2-1-6(12(14)15)5-7(8)9(13)3-4-11/h1-2,5,9,13H,3H2. The minimum absolute atomic E-state index is 0.152. The zero-order valence-corrected chi connectivity index (χ0v) is 8.31. The van der Waals surface area contributed by atoms with Gasteiger partial charge in [-0.2, -0.15) is 5.26 Å². The molecule has 0 aliphatic heterocycles. The van der Waals surface area contributed by atoms with Crippen molar-refractivity contribution in [2.24, 2.45) is 0 Å². The first kappa shape index (κ1) is 11.4. The van der Waals surface area contributed by atoms with Gasteiger partial charge in [0, 0.05) is 22.7 Å². The second-order valence-corrected chi connectivity index (χ2v) is 3.25. The van der Waals surface area contributed by atoms with Crippen LogP contribution in [0, 0.1) is 21.4 Å². The summed E-state index contributed by atoms with van der Waals surface area (Å²) in [7, 11) is 0. The molecule has 6 heteroatoms. The lowest BCUT2D eigenvalue weighted by Crippen LogP contribution is -1.98. The molecule has 0 aliphatic rings. The molecule has 0 fully saturated rings. The van der Waals surface area contributed by atoms with Gasteiger partial charge < -0.3 is 5.11 Å². The first-order valence-electron chi connectivity index (χ1n) is 4.05. The third-order valence-corrected chi connectivity index (χ3v) is 2.18. The lowest BCUT2D eigenvalue weighted by Gasteiger charge is -2.08. The summed E-state index contributed by atoms with van der Waals surface area (Å²) in [5.74, 6) is 0. The number of rotatable bonds is 3. The third kappa shape index (κ3) is 2.65. The summed E-state index contributed by atoms with van der Waals surface area (Å²) in [6.07, 6.45) is -1.25. The lowest BCUT2D eigenvalue weighted by molar-refractivity contribution is -0.385. The SMILES string of the molecule is N#CCC(O)c1cc([N+](=O)[O-])ccc1Cl. The van der Waals surface area contributed by atoms with Crippen molar-refractivity contribution in [2.45, 2.75) is 12.5 Å². The fraction of sp³-hybridized carbons (Fsp3) is 0.222. The smallest absolute Gasteiger partial charge is 0.269 e. The second-order valence-electron chi connectivity index (χ2n) is 2.84. The van der Waals surface area contributed by atoms with Crippen LogP contribution in [0.25, 0.3) is 0 Å². The number of hydrogen-bond donors (Lipinski definition) is 1. The average Bonchev–Trinajstić information content (AvgIpc) is 2.18. The van der Waals surface area contributed by atoms with Crippen LogP contribution in [0.2, 0.25) is 5.02 Å². The minimum atomic E-state index is -1.10. The molecule has 0 amide bonds. The fourth-order valence-corrected chi connectivity index (χ4v) is 1.34. The van der Waals surface area contributed by atoms with Gasteiger partial charge in [0.05, 0.1) is 23.5 Å². The molecular weight excluding hydrogens is 220 g/mol. The van der Waals surface area contributed by atoms with Crippen LogP contribution >= 0.6 is 11.6 Å². The van der Waals surface area contributed by atoms with E-state index >= 15 is 0 Å². The predicted molar refractivity (Wildman–Crippen MR) is 53.3 cm³/mol. The summed E-state index contributed by atoms with van der Waals surface area (Å²) in [5, 5.41) is 28.5. The Labute approximate surface area is 90.7 Å². The Morgan fingerprint density at radius 3 is 2.87 bits per heavy atom. The zero-order chi connectivity index (χ0) is 11.4. The molecule has 0 spiro atoms. The van der Waals surface area contributed by atoms with Crippen LogP contribution in [0.1, 0.15) is 18.1 Å². The van der Waals surface area contributed by atoms with Crippen molar-refractivity contribution < 1.29 is 10.0 Å². The highest BCUT2D eigenvalue weighted by atomic mass is 35.5. The van der Waals surface area contributed by atoms with Gasteiger partial charge in [0.1, 0.15) is 0 Å². The molecule has 5 nitrogen and oxygen atoms in total. The molecule has 0 saturated heterocycles. The Bertz CT molecular complexity index is 428. The molecule has 0 aliphatic carbocycles. The van der Waals surface area contributed by atoms with Gasteiger partial charge in [-0.05, 0) is 6.07 Å². The predicted octanol–water partition coefficient (Wildman–Crippen LogP) is 2.20. The van der Waals surface area contributed by atoms with Crippen molar-refractivity contribution in [3.05, 3.63) is 38.9 Å². The molecular formula is C9H7ClN2O3. The number of nitro groups is 1. The first-order valence-corrected chi connectivity index (χ1v) is 4.43. The topological polar surface area (TPSA) is 87.2 Å². The number of aliphatic hydroxyl groups is 1. The van der Waals surface area contributed by atoms with E-state index in [1.165, 1.54) is 18.2 Å². The maximum Gasteiger partial charge on any atom is 0.269 e. The molecule has 0 heterocycles. The van der Waals surface area contributed by atoms with Crippen molar-refractivity contribution in [2.75, 3.05) is 0 Å². The van der Waals surface area contributed by atoms with E-state index in [4.69, 9.17) is 16.9 Å². The Morgan fingerprint density at radius 2 is 2.33 bits per heavy atom. The van der Waals surface area contributed by atoms with E-state index in [0.717, 1.165) is 0 Å². The van der Waals surface area contributed by atoms with E-state index < -0.39 is 11.0 Å². The monoisotopic (exact) mass is 226 g/mol. The number of non-ortho nitro benzene ring substituents is 1. The molecule has 1 N–H and O–H groups in total. The maximum absolute atomic E-state index is 10.5. The molecule has 1 rings (SSSR count). The largest absolute Gasteiger partial charge is 0.387 e. The van der Waals surface area contributed by atoms with Gasteiger partial charge in [0.25, 0.3) is 5.69 Å². The maximum atomic E-state index is 10.5. The van der Waals surface area contributed by atoms with Crippen molar-refractivity contribution in [1.82, 2.24) is 0 Å². The van der Waals surface area contributed by atoms with E-state index in [-0.39, 0.29) is 22.7 Å². The van der Waals surface area contributed by atoms with E-state index in [2.05, 4.69) is 0 Å². The number of nitrogens with zero attached hydrogens (tertiary/aromatic N) is 2. The van der Waals surface area contributed by atoms with Crippen LogP contribution in [-0.4, -0.2) is 10.0 Å². The van der Waals surface area contributed by atoms with Crippen molar-refractivity contribution >= 4 is 17.3 Å². The number of aliphatic hydroxyl groups excluding tert-OH is 1. The highest BCUT2D eigenvalue weighted by Crippen LogP contribution is 2.28. The molecule has 1 unspecified atom stereocenters. The molecule has 0 saturated carbocycles. The van der Waals surface area contributed by atoms with Crippen LogP contribution in [0.15, 0.2) is 18.2 Å². The molecule has 1 atom stereocenters. The molecule has 15 heavy (non-hydrogen) atoms. The van der Waals surface area contributed by atoms with E-state index in [0.29, 0.717) is 0 Å². The van der Waals surface area contributed by atoms with Gasteiger partial charge in [0.2, 0.25) is 0 Å². The van der Waals surface area contributed by atoms with Crippen molar-refractivity contribution in [3.63, 3.8) is 0 Å². The molecule has 0 radical (unpaired) electrons. The molecule has 1 aromatic carbocycles. The summed E-state index contributed by atoms with van der Waals surface area (Å²) in [5.41, 5.74) is 0.0406. The van der Waals surface area contributed by atoms with Crippen molar-refractivity contribution in [1.29, 1.82) is 5.26 Å². The third-order valence-electron chi connectivity index (χ3n) is 1.83. The zero-order valence-electron chi connectivity index (χ0n) is 7.55. The highest BCUT2D eigenvalue weighted by Gasteiger charge is 2.15. The molecule has 0 aromatic heterocycles. The van der Waals surface area contributed by atoms with Crippen LogP contribution in [0.3, 0.4) is 0 Å². The Hall–Kier alpha value is -1.64. The summed E-state index contributed by atoms with van der Waals surface area (Å²) in [4.78, 5) is 9.88. The molecule has 1 aromatic rings. The van der Waals surface area contributed by atoms with Crippen LogP contribution in [-0.2, 0) is 0 Å². The summed E-state index contributed by atoms with van der Waals surface area (Å²) in [6, 6.07) is 5.50. The Morgan fingerprint density at radius 1 is 1.67 bits per heavy atom. The summed E-state index contributed by atoms with van der Waals surface area (Å²) < 4.78 is 0. The minimum Gasteiger partial charge on any atom is -0.387 e. The van der Waals surface area contributed by atoms with Crippen LogP contribution in [0.4, 0.5) is 5.69 Å². The number of nitro benzene ring substituents is 1. The summed E-state index contributed by atoms with van der Waals surface area (Å²) >= 11 is 5.74. The van der Waals surface area contributed by atoms with Crippen LogP contribution < -0.4 is 0 Å². The average molecular weight is 227 g/mol. The quantitative estimate of drug-likeness (QED) is 0.632. The second kappa shape index (κ2) is 4.73. The number of halogens is 1. The number of benzene rings is 1. The molecule has 78 valence electrons. The van der Waals surface area contributed by atoms with Crippen LogP contribution in [0.5, 0.6) is 0 Å². The Balaban J connectivity index is 3.11. The van der Waals surface area contributed by atoms with Gasteiger partial charge in [0.15, 0.2) is 0 Å². The van der Waals surface area contributed by atoms with E-state index in [1.807, 2.05) is 0 Å². The molecule has 0 bridgehead atoms. The summed E-state index contributed by atoms with van der Waals surface area (Å²) in [6.45, 7) is 0. The van der Waals surface area contributed by atoms with Crippen molar-refractivity contribution in [3.8, 4) is 6.07 Å². The van der Waals surface area contributed by atoms with E-state index in [9.17, 15) is 15.2 Å². The normalized spacial score (nSPS) is 11.8. The Kier molecular flexibility index (Phi) is 3.61. The lowest BCUT2D eigenvalue weighted by atomic mass is 10.1. The number of nitriles is 1. The van der Waals surface area contributed by atoms with E-state index in [1.54, 1.807) is 6.07 Å². The van der Waals surface area contributed by atoms with Gasteiger partial charge in [-0.3, -0.25) is 10.1 Å². The van der Waals surface area contributed by atoms with Gasteiger partial charge in [-0.25, -0.2) is 0 Å². The fourth-order valence-electron chi connectivity index (χ4n) is 1.10.